The van der Waals surface area contributed by atoms with Crippen LogP contribution in [0, 0.1) is 6.92 Å². The molecule has 4 heterocycles. The lowest BCUT2D eigenvalue weighted by Crippen LogP contribution is -2.44. The first-order valence-corrected chi connectivity index (χ1v) is 15.6. The molecule has 12 heteroatoms. The molecule has 0 N–H and O–H groups in total. The summed E-state index contributed by atoms with van der Waals surface area (Å²) in [6.07, 6.45) is -0.164. The first kappa shape index (κ1) is 32.6. The van der Waals surface area contributed by atoms with Gasteiger partial charge in [0.25, 0.3) is 0 Å². The van der Waals surface area contributed by atoms with Crippen molar-refractivity contribution >= 4 is 6.09 Å². The third-order valence-electron chi connectivity index (χ3n) is 8.44. The quantitative estimate of drug-likeness (QED) is 0.307. The fourth-order valence-corrected chi connectivity index (χ4v) is 6.02. The standard InChI is InChI=1S/C33H45FN6O5/c1-20-11-9-10-12-24(20)33(6,7)30-37-29(38-45-30)28-35-26(42-21(2)25-17-22(34)19-39(25)8)18-27(36-28)43-23-13-15-40(16-14-23)31(41)44-32(3,4)5/h9-12,18,21-23,25H,13-17,19H2,1-8H3/t21-,22+,25-/m0/s1. The van der Waals surface area contributed by atoms with Gasteiger partial charge in [0.2, 0.25) is 29.3 Å². The van der Waals surface area contributed by atoms with Crippen molar-refractivity contribution in [2.24, 2.45) is 0 Å². The summed E-state index contributed by atoms with van der Waals surface area (Å²) in [5, 5.41) is 4.24. The number of carbonyl (C=O) groups is 1. The molecule has 2 aliphatic heterocycles. The summed E-state index contributed by atoms with van der Waals surface area (Å²) in [5.74, 6) is 1.39. The molecule has 0 saturated carbocycles. The summed E-state index contributed by atoms with van der Waals surface area (Å²) < 4.78 is 38.0. The molecule has 45 heavy (non-hydrogen) atoms. The van der Waals surface area contributed by atoms with Gasteiger partial charge in [0.05, 0.1) is 11.5 Å². The summed E-state index contributed by atoms with van der Waals surface area (Å²) in [5.41, 5.74) is 1.07. The predicted molar refractivity (Wildman–Crippen MR) is 166 cm³/mol. The minimum Gasteiger partial charge on any atom is -0.474 e. The highest BCUT2D eigenvalue weighted by atomic mass is 19.1. The molecule has 2 fully saturated rings. The van der Waals surface area contributed by atoms with Crippen molar-refractivity contribution in [1.82, 2.24) is 29.9 Å². The number of carbonyl (C=O) groups excluding carboxylic acids is 1. The Kier molecular flexibility index (Phi) is 9.34. The van der Waals surface area contributed by atoms with Gasteiger partial charge in [-0.3, -0.25) is 4.90 Å². The Balaban J connectivity index is 1.38. The third-order valence-corrected chi connectivity index (χ3v) is 8.44. The maximum Gasteiger partial charge on any atom is 0.410 e. The van der Waals surface area contributed by atoms with Gasteiger partial charge in [-0.15, -0.1) is 0 Å². The molecule has 11 nitrogen and oxygen atoms in total. The van der Waals surface area contributed by atoms with Gasteiger partial charge in [-0.05, 0) is 73.1 Å². The number of likely N-dealkylation sites (N-methyl/N-ethyl adjacent to an activating group) is 1. The van der Waals surface area contributed by atoms with E-state index >= 15 is 0 Å². The van der Waals surface area contributed by atoms with Crippen molar-refractivity contribution in [3.63, 3.8) is 0 Å². The average Bonchev–Trinajstić information content (AvgIpc) is 3.59. The molecule has 3 aromatic rings. The molecule has 244 valence electrons. The topological polar surface area (TPSA) is 116 Å². The molecule has 0 unspecified atom stereocenters. The van der Waals surface area contributed by atoms with Crippen LogP contribution in [-0.2, 0) is 10.2 Å². The number of rotatable bonds is 8. The SMILES string of the molecule is Cc1ccccc1C(C)(C)c1nc(-c2nc(OC3CCN(C(=O)OC(C)(C)C)CC3)cc(O[C@@H](C)[C@@H]3C[C@@H](F)CN3C)n2)no1. The van der Waals surface area contributed by atoms with Crippen molar-refractivity contribution < 1.29 is 27.9 Å². The number of nitrogens with zero attached hydrogens (tertiary/aromatic N) is 6. The number of alkyl halides is 1. The van der Waals surface area contributed by atoms with Gasteiger partial charge in [0, 0.05) is 38.5 Å². The molecular weight excluding hydrogens is 579 g/mol. The van der Waals surface area contributed by atoms with Crippen LogP contribution < -0.4 is 9.47 Å². The number of hydrogen-bond donors (Lipinski definition) is 0. The number of amides is 1. The predicted octanol–water partition coefficient (Wildman–Crippen LogP) is 5.75. The Hall–Kier alpha value is -3.80. The molecule has 2 aliphatic rings. The first-order valence-electron chi connectivity index (χ1n) is 15.6. The molecule has 1 aromatic carbocycles. The van der Waals surface area contributed by atoms with E-state index in [1.54, 1.807) is 11.0 Å². The number of aromatic nitrogens is 4. The van der Waals surface area contributed by atoms with Crippen LogP contribution in [0.3, 0.4) is 0 Å². The molecule has 0 aliphatic carbocycles. The van der Waals surface area contributed by atoms with Crippen LogP contribution in [0.1, 0.15) is 77.8 Å². The molecule has 1 amide bonds. The van der Waals surface area contributed by atoms with Crippen molar-refractivity contribution in [2.75, 3.05) is 26.7 Å². The lowest BCUT2D eigenvalue weighted by Gasteiger charge is -2.33. The maximum absolute atomic E-state index is 14.1. The lowest BCUT2D eigenvalue weighted by atomic mass is 9.82. The average molecular weight is 625 g/mol. The Morgan fingerprint density at radius 3 is 2.38 bits per heavy atom. The number of likely N-dealkylation sites (tertiary alicyclic amines) is 2. The van der Waals surface area contributed by atoms with Gasteiger partial charge in [0.15, 0.2) is 0 Å². The van der Waals surface area contributed by atoms with E-state index in [1.807, 2.05) is 84.7 Å². The summed E-state index contributed by atoms with van der Waals surface area (Å²) in [6.45, 7) is 14.9. The monoisotopic (exact) mass is 624 g/mol. The highest BCUT2D eigenvalue weighted by Gasteiger charge is 2.36. The molecule has 2 aromatic heterocycles. The minimum absolute atomic E-state index is 0.105. The van der Waals surface area contributed by atoms with Crippen LogP contribution >= 0.6 is 0 Å². The van der Waals surface area contributed by atoms with Crippen LogP contribution in [-0.4, -0.2) is 92.7 Å². The fraction of sp³-hybridized carbons (Fsp3) is 0.606. The van der Waals surface area contributed by atoms with Gasteiger partial charge in [-0.2, -0.15) is 15.0 Å². The van der Waals surface area contributed by atoms with E-state index in [-0.39, 0.29) is 41.9 Å². The van der Waals surface area contributed by atoms with Crippen molar-refractivity contribution in [1.29, 1.82) is 0 Å². The minimum atomic E-state index is -0.896. The van der Waals surface area contributed by atoms with Gasteiger partial charge < -0.3 is 23.6 Å². The molecule has 0 radical (unpaired) electrons. The number of halogens is 1. The van der Waals surface area contributed by atoms with Crippen LogP contribution in [0.4, 0.5) is 9.18 Å². The van der Waals surface area contributed by atoms with E-state index in [2.05, 4.69) is 15.1 Å². The van der Waals surface area contributed by atoms with Crippen LogP contribution in [0.5, 0.6) is 11.8 Å². The van der Waals surface area contributed by atoms with E-state index in [0.29, 0.717) is 50.7 Å². The Labute approximate surface area is 264 Å². The van der Waals surface area contributed by atoms with E-state index in [4.69, 9.17) is 23.7 Å². The van der Waals surface area contributed by atoms with Crippen molar-refractivity contribution in [3.8, 4) is 23.4 Å². The van der Waals surface area contributed by atoms with E-state index in [1.165, 1.54) is 0 Å². The molecule has 0 spiro atoms. The van der Waals surface area contributed by atoms with Gasteiger partial charge in [0.1, 0.15) is 24.0 Å². The summed E-state index contributed by atoms with van der Waals surface area (Å²) in [6, 6.07) is 9.61. The molecule has 3 atom stereocenters. The zero-order valence-electron chi connectivity index (χ0n) is 27.5. The van der Waals surface area contributed by atoms with Crippen molar-refractivity contribution in [2.45, 2.75) is 103 Å². The second-order valence-corrected chi connectivity index (χ2v) is 13.7. The Bertz CT molecular complexity index is 1480. The second-order valence-electron chi connectivity index (χ2n) is 13.7. The van der Waals surface area contributed by atoms with Crippen molar-refractivity contribution in [3.05, 3.63) is 47.3 Å². The largest absolute Gasteiger partial charge is 0.474 e. The zero-order chi connectivity index (χ0) is 32.5. The summed E-state index contributed by atoms with van der Waals surface area (Å²) >= 11 is 0. The molecule has 5 rings (SSSR count). The van der Waals surface area contributed by atoms with Crippen LogP contribution in [0.25, 0.3) is 11.6 Å². The highest BCUT2D eigenvalue weighted by Crippen LogP contribution is 2.34. The number of piperidine rings is 1. The normalized spacial score (nSPS) is 20.7. The lowest BCUT2D eigenvalue weighted by molar-refractivity contribution is 0.0122. The van der Waals surface area contributed by atoms with Gasteiger partial charge in [-0.25, -0.2) is 9.18 Å². The smallest absolute Gasteiger partial charge is 0.410 e. The van der Waals surface area contributed by atoms with E-state index in [9.17, 15) is 9.18 Å². The molecule has 0 bridgehead atoms. The van der Waals surface area contributed by atoms with Crippen LogP contribution in [0.15, 0.2) is 34.9 Å². The van der Waals surface area contributed by atoms with Gasteiger partial charge >= 0.3 is 6.09 Å². The fourth-order valence-electron chi connectivity index (χ4n) is 6.02. The molecule has 2 saturated heterocycles. The zero-order valence-corrected chi connectivity index (χ0v) is 27.5. The Morgan fingerprint density at radius 2 is 1.73 bits per heavy atom. The van der Waals surface area contributed by atoms with E-state index < -0.39 is 17.2 Å². The van der Waals surface area contributed by atoms with E-state index in [0.717, 1.165) is 11.1 Å². The third kappa shape index (κ3) is 7.71. The second kappa shape index (κ2) is 12.9. The number of hydrogen-bond acceptors (Lipinski definition) is 10. The number of aryl methyl sites for hydroxylation is 1. The number of ether oxygens (including phenoxy) is 3. The molecular formula is C33H45FN6O5. The maximum atomic E-state index is 14.1. The summed E-state index contributed by atoms with van der Waals surface area (Å²) in [4.78, 5) is 30.2. The Morgan fingerprint density at radius 1 is 1.04 bits per heavy atom. The van der Waals surface area contributed by atoms with Gasteiger partial charge in [-0.1, -0.05) is 29.4 Å². The highest BCUT2D eigenvalue weighted by molar-refractivity contribution is 5.68. The number of benzene rings is 1. The van der Waals surface area contributed by atoms with Crippen LogP contribution in [0.2, 0.25) is 0 Å². The summed E-state index contributed by atoms with van der Waals surface area (Å²) in [7, 11) is 1.89. The first-order chi connectivity index (χ1) is 21.2.